The Balaban J connectivity index is 1.60. The van der Waals surface area contributed by atoms with E-state index < -0.39 is 0 Å². The molecular formula is C15H20N4OS3. The van der Waals surface area contributed by atoms with Crippen LogP contribution < -0.4 is 5.32 Å². The van der Waals surface area contributed by atoms with Crippen molar-refractivity contribution in [3.63, 3.8) is 0 Å². The molecule has 1 unspecified atom stereocenters. The quantitative estimate of drug-likeness (QED) is 0.795. The van der Waals surface area contributed by atoms with Crippen molar-refractivity contribution in [1.29, 1.82) is 0 Å². The molecule has 1 atom stereocenters. The molecule has 2 aromatic rings. The standard InChI is InChI=1S/C15H20N4OS3/c1-9(2)19-12(17-18-15(19)21)3-6-16-14(20)13-10-4-7-22-11(10)5-8-23-13/h4,7,9,13H,3,5-6,8H2,1-2H3,(H,16,20)(H,18,21). The first-order valence-corrected chi connectivity index (χ1v) is 10.0. The zero-order chi connectivity index (χ0) is 16.4. The van der Waals surface area contributed by atoms with Crippen LogP contribution in [0.15, 0.2) is 11.4 Å². The van der Waals surface area contributed by atoms with Gasteiger partial charge >= 0.3 is 0 Å². The summed E-state index contributed by atoms with van der Waals surface area (Å²) in [5.74, 6) is 2.00. The minimum atomic E-state index is -0.0732. The second-order valence-electron chi connectivity index (χ2n) is 5.75. The summed E-state index contributed by atoms with van der Waals surface area (Å²) in [4.78, 5) is 13.8. The lowest BCUT2D eigenvalue weighted by Gasteiger charge is -2.21. The molecule has 2 aromatic heterocycles. The number of hydrogen-bond acceptors (Lipinski definition) is 5. The Labute approximate surface area is 148 Å². The van der Waals surface area contributed by atoms with Crippen LogP contribution in [0, 0.1) is 4.77 Å². The summed E-state index contributed by atoms with van der Waals surface area (Å²) < 4.78 is 2.63. The highest BCUT2D eigenvalue weighted by Gasteiger charge is 2.27. The first kappa shape index (κ1) is 16.7. The van der Waals surface area contributed by atoms with Crippen LogP contribution in [0.25, 0.3) is 0 Å². The largest absolute Gasteiger partial charge is 0.354 e. The molecule has 8 heteroatoms. The number of aromatic nitrogens is 3. The van der Waals surface area contributed by atoms with E-state index in [0.29, 0.717) is 17.7 Å². The van der Waals surface area contributed by atoms with E-state index in [1.165, 1.54) is 10.4 Å². The summed E-state index contributed by atoms with van der Waals surface area (Å²) in [5, 5.41) is 12.2. The average molecular weight is 369 g/mol. The summed E-state index contributed by atoms with van der Waals surface area (Å²) >= 11 is 8.72. The Kier molecular flexibility index (Phi) is 5.23. The smallest absolute Gasteiger partial charge is 0.237 e. The number of hydrogen-bond donors (Lipinski definition) is 2. The highest BCUT2D eigenvalue weighted by Crippen LogP contribution is 2.39. The van der Waals surface area contributed by atoms with Gasteiger partial charge in [-0.1, -0.05) is 0 Å². The third kappa shape index (κ3) is 3.54. The SMILES string of the molecule is CC(C)n1c(CCNC(=O)C2SCCc3sccc32)n[nH]c1=S. The number of nitrogens with zero attached hydrogens (tertiary/aromatic N) is 2. The maximum Gasteiger partial charge on any atom is 0.237 e. The maximum absolute atomic E-state index is 12.5. The molecular weight excluding hydrogens is 348 g/mol. The van der Waals surface area contributed by atoms with Gasteiger partial charge in [0.15, 0.2) is 4.77 Å². The van der Waals surface area contributed by atoms with Crippen molar-refractivity contribution in [2.45, 2.75) is 38.0 Å². The molecule has 1 aliphatic rings. The van der Waals surface area contributed by atoms with E-state index in [1.807, 2.05) is 4.57 Å². The molecule has 124 valence electrons. The molecule has 0 saturated heterocycles. The van der Waals surface area contributed by atoms with Crippen molar-refractivity contribution in [2.75, 3.05) is 12.3 Å². The van der Waals surface area contributed by atoms with E-state index in [4.69, 9.17) is 12.2 Å². The van der Waals surface area contributed by atoms with Gasteiger partial charge in [0, 0.05) is 23.9 Å². The van der Waals surface area contributed by atoms with Crippen molar-refractivity contribution in [3.8, 4) is 0 Å². The van der Waals surface area contributed by atoms with Crippen LogP contribution in [-0.2, 0) is 17.6 Å². The van der Waals surface area contributed by atoms with Crippen LogP contribution in [0.3, 0.4) is 0 Å². The van der Waals surface area contributed by atoms with E-state index in [-0.39, 0.29) is 17.2 Å². The van der Waals surface area contributed by atoms with E-state index in [0.717, 1.165) is 18.0 Å². The van der Waals surface area contributed by atoms with Crippen LogP contribution in [0.1, 0.15) is 41.4 Å². The van der Waals surface area contributed by atoms with Crippen molar-refractivity contribution >= 4 is 41.2 Å². The third-order valence-electron chi connectivity index (χ3n) is 3.86. The molecule has 2 N–H and O–H groups in total. The lowest BCUT2D eigenvalue weighted by atomic mass is 10.1. The summed E-state index contributed by atoms with van der Waals surface area (Å²) in [7, 11) is 0. The molecule has 1 amide bonds. The minimum absolute atomic E-state index is 0.0732. The Morgan fingerprint density at radius 1 is 1.61 bits per heavy atom. The Bertz CT molecular complexity index is 746. The molecule has 0 saturated carbocycles. The number of nitrogens with one attached hydrogen (secondary N) is 2. The summed E-state index contributed by atoms with van der Waals surface area (Å²) in [6.07, 6.45) is 1.75. The van der Waals surface area contributed by atoms with Crippen LogP contribution >= 0.6 is 35.3 Å². The topological polar surface area (TPSA) is 62.7 Å². The lowest BCUT2D eigenvalue weighted by molar-refractivity contribution is -0.120. The molecule has 0 bridgehead atoms. The van der Waals surface area contributed by atoms with Crippen LogP contribution in [0.5, 0.6) is 0 Å². The molecule has 3 heterocycles. The van der Waals surface area contributed by atoms with Gasteiger partial charge < -0.3 is 9.88 Å². The molecule has 1 aliphatic heterocycles. The monoisotopic (exact) mass is 368 g/mol. The molecule has 3 rings (SSSR count). The van der Waals surface area contributed by atoms with E-state index in [1.54, 1.807) is 23.1 Å². The van der Waals surface area contributed by atoms with E-state index >= 15 is 0 Å². The Hall–Kier alpha value is -1.12. The number of aromatic amines is 1. The van der Waals surface area contributed by atoms with Gasteiger partial charge in [-0.15, -0.1) is 23.1 Å². The van der Waals surface area contributed by atoms with Gasteiger partial charge in [-0.3, -0.25) is 9.89 Å². The zero-order valence-electron chi connectivity index (χ0n) is 13.2. The highest BCUT2D eigenvalue weighted by atomic mass is 32.2. The number of thioether (sulfide) groups is 1. The number of H-pyrrole nitrogens is 1. The van der Waals surface area contributed by atoms with Crippen molar-refractivity contribution in [1.82, 2.24) is 20.1 Å². The molecule has 0 spiro atoms. The summed E-state index contributed by atoms with van der Waals surface area (Å²) in [6, 6.07) is 2.34. The van der Waals surface area contributed by atoms with Gasteiger partial charge in [-0.2, -0.15) is 5.10 Å². The first-order chi connectivity index (χ1) is 11.1. The van der Waals surface area contributed by atoms with Crippen LogP contribution in [-0.4, -0.2) is 33.0 Å². The number of amides is 1. The number of fused-ring (bicyclic) bond motifs is 1. The molecule has 0 aliphatic carbocycles. The number of aryl methyl sites for hydroxylation is 1. The van der Waals surface area contributed by atoms with E-state index in [9.17, 15) is 4.79 Å². The number of rotatable bonds is 5. The van der Waals surface area contributed by atoms with Gasteiger partial charge in [0.1, 0.15) is 11.1 Å². The fourth-order valence-corrected chi connectivity index (χ4v) is 5.48. The predicted molar refractivity (Wildman–Crippen MR) is 97.7 cm³/mol. The Morgan fingerprint density at radius 2 is 2.43 bits per heavy atom. The van der Waals surface area contributed by atoms with Gasteiger partial charge in [0.25, 0.3) is 0 Å². The van der Waals surface area contributed by atoms with E-state index in [2.05, 4.69) is 40.8 Å². The third-order valence-corrected chi connectivity index (χ3v) is 6.38. The van der Waals surface area contributed by atoms with Gasteiger partial charge in [0.2, 0.25) is 5.91 Å². The normalized spacial score (nSPS) is 17.3. The molecule has 0 aromatic carbocycles. The number of carbonyl (C=O) groups excluding carboxylic acids is 1. The zero-order valence-corrected chi connectivity index (χ0v) is 15.6. The van der Waals surface area contributed by atoms with Crippen molar-refractivity contribution in [2.24, 2.45) is 0 Å². The molecule has 5 nitrogen and oxygen atoms in total. The van der Waals surface area contributed by atoms with Crippen LogP contribution in [0.4, 0.5) is 0 Å². The fraction of sp³-hybridized carbons (Fsp3) is 0.533. The van der Waals surface area contributed by atoms with Gasteiger partial charge in [0.05, 0.1) is 0 Å². The summed E-state index contributed by atoms with van der Waals surface area (Å²) in [5.41, 5.74) is 1.19. The average Bonchev–Trinajstić information content (AvgIpc) is 3.13. The summed E-state index contributed by atoms with van der Waals surface area (Å²) in [6.45, 7) is 4.72. The molecule has 23 heavy (non-hydrogen) atoms. The highest BCUT2D eigenvalue weighted by molar-refractivity contribution is 8.00. The Morgan fingerprint density at radius 3 is 3.22 bits per heavy atom. The van der Waals surface area contributed by atoms with Crippen molar-refractivity contribution < 1.29 is 4.79 Å². The molecule has 0 radical (unpaired) electrons. The molecule has 0 fully saturated rings. The maximum atomic E-state index is 12.5. The van der Waals surface area contributed by atoms with Gasteiger partial charge in [-0.05, 0) is 55.2 Å². The predicted octanol–water partition coefficient (Wildman–Crippen LogP) is 3.27. The first-order valence-electron chi connectivity index (χ1n) is 7.69. The second-order valence-corrected chi connectivity index (χ2v) is 8.35. The van der Waals surface area contributed by atoms with Crippen LogP contribution in [0.2, 0.25) is 0 Å². The lowest BCUT2D eigenvalue weighted by Crippen LogP contribution is -2.31. The number of thiophene rings is 1. The van der Waals surface area contributed by atoms with Crippen molar-refractivity contribution in [3.05, 3.63) is 32.5 Å². The number of carbonyl (C=O) groups is 1. The minimum Gasteiger partial charge on any atom is -0.354 e. The second kappa shape index (κ2) is 7.19. The fourth-order valence-electron chi connectivity index (χ4n) is 2.80. The van der Waals surface area contributed by atoms with Gasteiger partial charge in [-0.25, -0.2) is 0 Å².